The third-order valence-corrected chi connectivity index (χ3v) is 4.07. The molecule has 1 rings (SSSR count). The summed E-state index contributed by atoms with van der Waals surface area (Å²) in [6.45, 7) is 5.38. The van der Waals surface area contributed by atoms with E-state index in [0.717, 1.165) is 0 Å². The molecule has 0 aliphatic heterocycles. The van der Waals surface area contributed by atoms with Gasteiger partial charge in [0, 0.05) is 18.4 Å². The highest BCUT2D eigenvalue weighted by Gasteiger charge is 2.31. The molecule has 0 radical (unpaired) electrons. The Morgan fingerprint density at radius 3 is 2.50 bits per heavy atom. The summed E-state index contributed by atoms with van der Waals surface area (Å²) in [6.07, 6.45) is 2.59. The lowest BCUT2D eigenvalue weighted by Gasteiger charge is -2.29. The molecule has 1 aromatic rings. The predicted octanol–water partition coefficient (Wildman–Crippen LogP) is 1.18. The van der Waals surface area contributed by atoms with Crippen molar-refractivity contribution in [3.05, 3.63) is 18.5 Å². The Hall–Kier alpha value is -1.34. The van der Waals surface area contributed by atoms with Crippen molar-refractivity contribution in [2.24, 2.45) is 5.41 Å². The fourth-order valence-corrected chi connectivity index (χ4v) is 2.85. The Kier molecular flexibility index (Phi) is 4.18. The van der Waals surface area contributed by atoms with Gasteiger partial charge in [-0.3, -0.25) is 4.79 Å². The van der Waals surface area contributed by atoms with Gasteiger partial charge in [-0.15, -0.1) is 0 Å². The summed E-state index contributed by atoms with van der Waals surface area (Å²) in [5, 5.41) is 8.83. The SMILES string of the molecule is CC(C)(C)C(CC(=O)O)NS(=O)(=O)c1cc[nH]c1. The van der Waals surface area contributed by atoms with Crippen molar-refractivity contribution >= 4 is 16.0 Å². The van der Waals surface area contributed by atoms with E-state index in [-0.39, 0.29) is 11.3 Å². The van der Waals surface area contributed by atoms with E-state index in [1.54, 1.807) is 20.8 Å². The molecule has 0 aliphatic rings. The largest absolute Gasteiger partial charge is 0.481 e. The third-order valence-electron chi connectivity index (χ3n) is 2.60. The van der Waals surface area contributed by atoms with E-state index in [4.69, 9.17) is 5.11 Å². The van der Waals surface area contributed by atoms with Crippen molar-refractivity contribution in [2.45, 2.75) is 38.1 Å². The van der Waals surface area contributed by atoms with E-state index < -0.39 is 27.4 Å². The van der Waals surface area contributed by atoms with Gasteiger partial charge < -0.3 is 10.1 Å². The predicted molar refractivity (Wildman–Crippen MR) is 66.6 cm³/mol. The van der Waals surface area contributed by atoms with Gasteiger partial charge in [0.05, 0.1) is 11.3 Å². The van der Waals surface area contributed by atoms with Crippen LogP contribution in [0.2, 0.25) is 0 Å². The van der Waals surface area contributed by atoms with Crippen molar-refractivity contribution in [2.75, 3.05) is 0 Å². The molecule has 1 atom stereocenters. The van der Waals surface area contributed by atoms with Crippen molar-refractivity contribution in [3.8, 4) is 0 Å². The minimum Gasteiger partial charge on any atom is -0.481 e. The van der Waals surface area contributed by atoms with Gasteiger partial charge in [-0.05, 0) is 11.5 Å². The van der Waals surface area contributed by atoms with Crippen LogP contribution in [0, 0.1) is 5.41 Å². The highest BCUT2D eigenvalue weighted by Crippen LogP contribution is 2.23. The monoisotopic (exact) mass is 274 g/mol. The van der Waals surface area contributed by atoms with E-state index in [9.17, 15) is 13.2 Å². The summed E-state index contributed by atoms with van der Waals surface area (Å²) < 4.78 is 26.5. The summed E-state index contributed by atoms with van der Waals surface area (Å²) in [5.74, 6) is -1.04. The zero-order chi connectivity index (χ0) is 14.0. The topological polar surface area (TPSA) is 99.3 Å². The number of H-pyrrole nitrogens is 1. The van der Waals surface area contributed by atoms with Crippen LogP contribution in [0.1, 0.15) is 27.2 Å². The van der Waals surface area contributed by atoms with Crippen LogP contribution in [-0.4, -0.2) is 30.5 Å². The Bertz CT molecular complexity index is 500. The second-order valence-corrected chi connectivity index (χ2v) is 6.90. The normalized spacial score (nSPS) is 14.4. The second-order valence-electron chi connectivity index (χ2n) is 5.18. The molecule has 102 valence electrons. The number of hydrogen-bond acceptors (Lipinski definition) is 3. The standard InChI is InChI=1S/C11H18N2O4S/c1-11(2,3)9(6-10(14)15)13-18(16,17)8-4-5-12-7-8/h4-5,7,9,12-13H,6H2,1-3H3,(H,14,15). The lowest BCUT2D eigenvalue weighted by molar-refractivity contribution is -0.138. The highest BCUT2D eigenvalue weighted by molar-refractivity contribution is 7.89. The first-order valence-corrected chi connectivity index (χ1v) is 6.98. The Balaban J connectivity index is 2.94. The molecule has 1 unspecified atom stereocenters. The fraction of sp³-hybridized carbons (Fsp3) is 0.545. The molecular weight excluding hydrogens is 256 g/mol. The molecular formula is C11H18N2O4S. The van der Waals surface area contributed by atoms with Gasteiger partial charge in [0.25, 0.3) is 0 Å². The average Bonchev–Trinajstić information content (AvgIpc) is 2.66. The first kappa shape index (κ1) is 14.7. The van der Waals surface area contributed by atoms with Crippen molar-refractivity contribution in [1.82, 2.24) is 9.71 Å². The molecule has 3 N–H and O–H groups in total. The Labute approximate surface area is 106 Å². The van der Waals surface area contributed by atoms with Crippen LogP contribution in [0.5, 0.6) is 0 Å². The number of hydrogen-bond donors (Lipinski definition) is 3. The summed E-state index contributed by atoms with van der Waals surface area (Å²) >= 11 is 0. The summed E-state index contributed by atoms with van der Waals surface area (Å²) in [4.78, 5) is 13.5. The van der Waals surface area contributed by atoms with Gasteiger partial charge in [0.15, 0.2) is 0 Å². The number of aromatic amines is 1. The third kappa shape index (κ3) is 3.85. The highest BCUT2D eigenvalue weighted by atomic mass is 32.2. The van der Waals surface area contributed by atoms with E-state index in [1.807, 2.05) is 0 Å². The maximum atomic E-state index is 12.0. The maximum absolute atomic E-state index is 12.0. The number of aliphatic carboxylic acids is 1. The van der Waals surface area contributed by atoms with Crippen molar-refractivity contribution < 1.29 is 18.3 Å². The van der Waals surface area contributed by atoms with Crippen molar-refractivity contribution in [3.63, 3.8) is 0 Å². The van der Waals surface area contributed by atoms with Gasteiger partial charge in [0.2, 0.25) is 10.0 Å². The second kappa shape index (κ2) is 5.11. The minimum absolute atomic E-state index is 0.0992. The van der Waals surface area contributed by atoms with E-state index in [0.29, 0.717) is 0 Å². The molecule has 18 heavy (non-hydrogen) atoms. The molecule has 0 spiro atoms. The van der Waals surface area contributed by atoms with Crippen LogP contribution in [0.3, 0.4) is 0 Å². The van der Waals surface area contributed by atoms with Crippen molar-refractivity contribution in [1.29, 1.82) is 0 Å². The lowest BCUT2D eigenvalue weighted by Crippen LogP contribution is -2.44. The summed E-state index contributed by atoms with van der Waals surface area (Å²) in [6, 6.07) is 0.748. The zero-order valence-corrected chi connectivity index (χ0v) is 11.4. The quantitative estimate of drug-likeness (QED) is 0.750. The summed E-state index contributed by atoms with van der Waals surface area (Å²) in [5.41, 5.74) is -0.484. The number of carboxylic acids is 1. The van der Waals surface area contributed by atoms with Crippen LogP contribution in [0.4, 0.5) is 0 Å². The summed E-state index contributed by atoms with van der Waals surface area (Å²) in [7, 11) is -3.69. The van der Waals surface area contributed by atoms with Gasteiger partial charge in [-0.2, -0.15) is 0 Å². The van der Waals surface area contributed by atoms with Crippen LogP contribution < -0.4 is 4.72 Å². The van der Waals surface area contributed by atoms with E-state index >= 15 is 0 Å². The molecule has 7 heteroatoms. The number of aromatic nitrogens is 1. The molecule has 0 amide bonds. The van der Waals surface area contributed by atoms with Gasteiger partial charge in [-0.25, -0.2) is 13.1 Å². The Morgan fingerprint density at radius 2 is 2.11 bits per heavy atom. The molecule has 1 aromatic heterocycles. The number of carbonyl (C=O) groups is 1. The number of sulfonamides is 1. The van der Waals surface area contributed by atoms with Crippen LogP contribution >= 0.6 is 0 Å². The van der Waals surface area contributed by atoms with Crippen LogP contribution in [0.15, 0.2) is 23.4 Å². The van der Waals surface area contributed by atoms with Crippen LogP contribution in [-0.2, 0) is 14.8 Å². The molecule has 0 saturated heterocycles. The average molecular weight is 274 g/mol. The van der Waals surface area contributed by atoms with Gasteiger partial charge in [-0.1, -0.05) is 20.8 Å². The molecule has 0 fully saturated rings. The number of nitrogens with one attached hydrogen (secondary N) is 2. The molecule has 0 aliphatic carbocycles. The molecule has 0 aromatic carbocycles. The first-order valence-electron chi connectivity index (χ1n) is 5.50. The molecule has 0 saturated carbocycles. The molecule has 0 bridgehead atoms. The maximum Gasteiger partial charge on any atom is 0.304 e. The first-order chi connectivity index (χ1) is 8.13. The number of rotatable bonds is 5. The van der Waals surface area contributed by atoms with Gasteiger partial charge >= 0.3 is 5.97 Å². The Morgan fingerprint density at radius 1 is 1.50 bits per heavy atom. The molecule has 6 nitrogen and oxygen atoms in total. The van der Waals surface area contributed by atoms with E-state index in [1.165, 1.54) is 18.5 Å². The molecule has 1 heterocycles. The lowest BCUT2D eigenvalue weighted by atomic mass is 9.85. The van der Waals surface area contributed by atoms with E-state index in [2.05, 4.69) is 9.71 Å². The zero-order valence-electron chi connectivity index (χ0n) is 10.6. The number of carboxylic acid groups (broad SMARTS) is 1. The van der Waals surface area contributed by atoms with Crippen LogP contribution in [0.25, 0.3) is 0 Å². The smallest absolute Gasteiger partial charge is 0.304 e. The van der Waals surface area contributed by atoms with Gasteiger partial charge in [0.1, 0.15) is 0 Å². The minimum atomic E-state index is -3.69. The fourth-order valence-electron chi connectivity index (χ4n) is 1.43.